The zero-order valence-corrected chi connectivity index (χ0v) is 5.26. The van der Waals surface area contributed by atoms with Crippen LogP contribution in [0.2, 0.25) is 0 Å². The lowest BCUT2D eigenvalue weighted by molar-refractivity contribution is -0.126. The number of Topliss-reactive ketones (excluding diaryl/α,β-unsaturated/α-hetero) is 1. The van der Waals surface area contributed by atoms with Crippen LogP contribution in [-0.4, -0.2) is 30.1 Å². The summed E-state index contributed by atoms with van der Waals surface area (Å²) >= 11 is 0. The lowest BCUT2D eigenvalue weighted by atomic mass is 10.1. The van der Waals surface area contributed by atoms with E-state index in [2.05, 4.69) is 5.32 Å². The minimum absolute atomic E-state index is 0.0278. The van der Waals surface area contributed by atoms with Crippen LogP contribution in [0.5, 0.6) is 0 Å². The Labute approximate surface area is 54.1 Å². The highest BCUT2D eigenvalue weighted by atomic mass is 16.3. The molecular formula is C6H11NO2. The van der Waals surface area contributed by atoms with Crippen molar-refractivity contribution in [2.75, 3.05) is 13.1 Å². The maximum atomic E-state index is 10.7. The van der Waals surface area contributed by atoms with Crippen molar-refractivity contribution in [3.8, 4) is 0 Å². The van der Waals surface area contributed by atoms with Crippen molar-refractivity contribution in [2.24, 2.45) is 0 Å². The fourth-order valence-corrected chi connectivity index (χ4v) is 0.903. The third-order valence-electron chi connectivity index (χ3n) is 1.51. The van der Waals surface area contributed by atoms with Crippen LogP contribution in [0, 0.1) is 0 Å². The van der Waals surface area contributed by atoms with Gasteiger partial charge in [0.25, 0.3) is 0 Å². The molecule has 2 N–H and O–H groups in total. The summed E-state index contributed by atoms with van der Waals surface area (Å²) < 4.78 is 0. The molecule has 0 aromatic heterocycles. The minimum atomic E-state index is -0.708. The van der Waals surface area contributed by atoms with E-state index >= 15 is 0 Å². The summed E-state index contributed by atoms with van der Waals surface area (Å²) in [5.74, 6) is -0.0278. The van der Waals surface area contributed by atoms with Crippen LogP contribution >= 0.6 is 0 Å². The second-order valence-electron chi connectivity index (χ2n) is 2.27. The van der Waals surface area contributed by atoms with Crippen LogP contribution < -0.4 is 5.32 Å². The quantitative estimate of drug-likeness (QED) is 0.454. The summed E-state index contributed by atoms with van der Waals surface area (Å²) in [6, 6.07) is 0. The number of ketones is 1. The Morgan fingerprint density at radius 3 is 3.11 bits per heavy atom. The Kier molecular flexibility index (Phi) is 2.19. The maximum absolute atomic E-state index is 10.7. The predicted molar refractivity (Wildman–Crippen MR) is 33.1 cm³/mol. The molecule has 9 heavy (non-hydrogen) atoms. The molecule has 0 aromatic rings. The van der Waals surface area contributed by atoms with Crippen molar-refractivity contribution in [1.29, 1.82) is 0 Å². The molecule has 0 aromatic carbocycles. The zero-order chi connectivity index (χ0) is 6.69. The Bertz CT molecular complexity index is 114. The smallest absolute Gasteiger partial charge is 0.162 e. The Balaban J connectivity index is 2.41. The minimum Gasteiger partial charge on any atom is -0.385 e. The summed E-state index contributed by atoms with van der Waals surface area (Å²) in [6.07, 6.45) is 0.333. The summed E-state index contributed by atoms with van der Waals surface area (Å²) in [5, 5.41) is 12.0. The maximum Gasteiger partial charge on any atom is 0.162 e. The van der Waals surface area contributed by atoms with Gasteiger partial charge in [-0.25, -0.2) is 0 Å². The van der Waals surface area contributed by atoms with Gasteiger partial charge in [-0.2, -0.15) is 0 Å². The molecule has 3 nitrogen and oxygen atoms in total. The fourth-order valence-electron chi connectivity index (χ4n) is 0.903. The van der Waals surface area contributed by atoms with Crippen LogP contribution in [0.4, 0.5) is 0 Å². The Morgan fingerprint density at radius 2 is 2.33 bits per heavy atom. The average Bonchev–Trinajstić information content (AvgIpc) is 1.99. The van der Waals surface area contributed by atoms with Gasteiger partial charge < -0.3 is 10.4 Å². The van der Waals surface area contributed by atoms with Gasteiger partial charge in [0.15, 0.2) is 5.78 Å². The van der Waals surface area contributed by atoms with E-state index in [1.54, 1.807) is 0 Å². The van der Waals surface area contributed by atoms with Gasteiger partial charge in [-0.3, -0.25) is 4.79 Å². The normalized spacial score (nSPS) is 29.9. The molecule has 52 valence electrons. The fraction of sp³-hybridized carbons (Fsp3) is 0.833. The highest BCUT2D eigenvalue weighted by molar-refractivity contribution is 5.83. The first-order valence-electron chi connectivity index (χ1n) is 3.22. The monoisotopic (exact) mass is 129 g/mol. The summed E-state index contributed by atoms with van der Waals surface area (Å²) in [6.45, 7) is 1.48. The molecule has 0 saturated carbocycles. The lowest BCUT2D eigenvalue weighted by Gasteiger charge is -2.00. The van der Waals surface area contributed by atoms with Crippen molar-refractivity contribution in [2.45, 2.75) is 18.9 Å². The third kappa shape index (κ3) is 1.77. The zero-order valence-electron chi connectivity index (χ0n) is 5.26. The van der Waals surface area contributed by atoms with Gasteiger partial charge in [0.2, 0.25) is 0 Å². The molecule has 0 radical (unpaired) electrons. The van der Waals surface area contributed by atoms with Gasteiger partial charge in [-0.1, -0.05) is 0 Å². The first-order chi connectivity index (χ1) is 4.30. The van der Waals surface area contributed by atoms with Crippen molar-refractivity contribution in [1.82, 2.24) is 5.32 Å². The molecule has 0 spiro atoms. The van der Waals surface area contributed by atoms with E-state index in [0.29, 0.717) is 12.8 Å². The SMILES string of the molecule is O=C1CCNCCC1O. The van der Waals surface area contributed by atoms with Crippen molar-refractivity contribution in [3.05, 3.63) is 0 Å². The first kappa shape index (κ1) is 6.71. The molecule has 1 saturated heterocycles. The molecule has 0 bridgehead atoms. The molecule has 1 heterocycles. The molecule has 1 aliphatic rings. The van der Waals surface area contributed by atoms with Gasteiger partial charge >= 0.3 is 0 Å². The van der Waals surface area contributed by atoms with Crippen molar-refractivity contribution in [3.63, 3.8) is 0 Å². The van der Waals surface area contributed by atoms with Gasteiger partial charge in [0.05, 0.1) is 0 Å². The number of rotatable bonds is 0. The van der Waals surface area contributed by atoms with Crippen LogP contribution in [0.1, 0.15) is 12.8 Å². The van der Waals surface area contributed by atoms with E-state index in [9.17, 15) is 4.79 Å². The van der Waals surface area contributed by atoms with E-state index in [0.717, 1.165) is 13.1 Å². The number of nitrogens with one attached hydrogen (secondary N) is 1. The summed E-state index contributed by atoms with van der Waals surface area (Å²) in [5.41, 5.74) is 0. The number of hydrogen-bond donors (Lipinski definition) is 2. The van der Waals surface area contributed by atoms with Gasteiger partial charge in [0.1, 0.15) is 6.10 Å². The Morgan fingerprint density at radius 1 is 1.56 bits per heavy atom. The molecule has 1 atom stereocenters. The lowest BCUT2D eigenvalue weighted by Crippen LogP contribution is -2.18. The van der Waals surface area contributed by atoms with E-state index in [-0.39, 0.29) is 5.78 Å². The van der Waals surface area contributed by atoms with Crippen molar-refractivity contribution < 1.29 is 9.90 Å². The molecular weight excluding hydrogens is 118 g/mol. The predicted octanol–water partition coefficient (Wildman–Crippen LogP) is -0.700. The van der Waals surface area contributed by atoms with E-state index in [1.807, 2.05) is 0 Å². The molecule has 1 aliphatic heterocycles. The molecule has 0 amide bonds. The Hall–Kier alpha value is -0.410. The number of carbonyl (C=O) groups is 1. The highest BCUT2D eigenvalue weighted by Gasteiger charge is 2.16. The summed E-state index contributed by atoms with van der Waals surface area (Å²) in [4.78, 5) is 10.7. The molecule has 1 fully saturated rings. The van der Waals surface area contributed by atoms with E-state index in [4.69, 9.17) is 5.11 Å². The van der Waals surface area contributed by atoms with Crippen molar-refractivity contribution >= 4 is 5.78 Å². The van der Waals surface area contributed by atoms with E-state index in [1.165, 1.54) is 0 Å². The third-order valence-corrected chi connectivity index (χ3v) is 1.51. The molecule has 0 aliphatic carbocycles. The van der Waals surface area contributed by atoms with Gasteiger partial charge in [-0.15, -0.1) is 0 Å². The highest BCUT2D eigenvalue weighted by Crippen LogP contribution is 1.99. The molecule has 3 heteroatoms. The standard InChI is InChI=1S/C6H11NO2/c8-5-1-3-7-4-2-6(5)9/h5,7-8H,1-4H2. The van der Waals surface area contributed by atoms with E-state index < -0.39 is 6.10 Å². The second kappa shape index (κ2) is 2.94. The van der Waals surface area contributed by atoms with Crippen LogP contribution in [0.3, 0.4) is 0 Å². The number of carbonyl (C=O) groups excluding carboxylic acids is 1. The number of aliphatic hydroxyl groups is 1. The topological polar surface area (TPSA) is 49.3 Å². The van der Waals surface area contributed by atoms with Crippen LogP contribution in [0.25, 0.3) is 0 Å². The molecule has 1 unspecified atom stereocenters. The number of aliphatic hydroxyl groups excluding tert-OH is 1. The second-order valence-corrected chi connectivity index (χ2v) is 2.27. The van der Waals surface area contributed by atoms with Gasteiger partial charge in [0, 0.05) is 13.0 Å². The number of hydrogen-bond acceptors (Lipinski definition) is 3. The first-order valence-corrected chi connectivity index (χ1v) is 3.22. The average molecular weight is 129 g/mol. The summed E-state index contributed by atoms with van der Waals surface area (Å²) in [7, 11) is 0. The van der Waals surface area contributed by atoms with Crippen LogP contribution in [-0.2, 0) is 4.79 Å². The van der Waals surface area contributed by atoms with Gasteiger partial charge in [-0.05, 0) is 13.0 Å². The molecule has 1 rings (SSSR count). The van der Waals surface area contributed by atoms with Crippen LogP contribution in [0.15, 0.2) is 0 Å². The largest absolute Gasteiger partial charge is 0.385 e.